The fourth-order valence-corrected chi connectivity index (χ4v) is 4.23. The number of amides is 1. The van der Waals surface area contributed by atoms with Crippen LogP contribution >= 0.6 is 28.3 Å². The number of hydrogen-bond donors (Lipinski definition) is 3. The minimum absolute atomic E-state index is 0. The van der Waals surface area contributed by atoms with Crippen LogP contribution in [-0.4, -0.2) is 33.0 Å². The molecule has 0 radical (unpaired) electrons. The van der Waals surface area contributed by atoms with Gasteiger partial charge in [-0.3, -0.25) is 4.79 Å². The fraction of sp³-hybridized carbons (Fsp3) is 0.417. The first-order chi connectivity index (χ1) is 9.64. The molecule has 4 N–H and O–H groups in total. The van der Waals surface area contributed by atoms with E-state index in [9.17, 15) is 13.2 Å². The number of benzene rings is 1. The Labute approximate surface area is 143 Å². The Morgan fingerprint density at radius 3 is 2.68 bits per heavy atom. The summed E-state index contributed by atoms with van der Waals surface area (Å²) in [7, 11) is -3.78. The minimum Gasteiger partial charge on any atom is -0.482 e. The van der Waals surface area contributed by atoms with Gasteiger partial charge in [0.2, 0.25) is 10.0 Å². The zero-order valence-electron chi connectivity index (χ0n) is 12.0. The van der Waals surface area contributed by atoms with Gasteiger partial charge >= 0.3 is 0 Å². The van der Waals surface area contributed by atoms with Crippen molar-refractivity contribution in [3.8, 4) is 5.75 Å². The van der Waals surface area contributed by atoms with Crippen LogP contribution in [0.2, 0.25) is 0 Å². The first-order valence-electron chi connectivity index (χ1n) is 6.15. The van der Waals surface area contributed by atoms with Crippen molar-refractivity contribution in [3.63, 3.8) is 0 Å². The van der Waals surface area contributed by atoms with E-state index in [0.29, 0.717) is 15.9 Å². The first kappa shape index (κ1) is 19.2. The molecule has 0 saturated carbocycles. The third kappa shape index (κ3) is 4.11. The molecule has 1 amide bonds. The minimum atomic E-state index is -3.78. The summed E-state index contributed by atoms with van der Waals surface area (Å²) < 4.78 is 33.0. The van der Waals surface area contributed by atoms with Crippen molar-refractivity contribution in [2.24, 2.45) is 5.73 Å². The van der Waals surface area contributed by atoms with Crippen LogP contribution in [0.15, 0.2) is 21.5 Å². The quantitative estimate of drug-likeness (QED) is 0.686. The van der Waals surface area contributed by atoms with Crippen LogP contribution in [0, 0.1) is 0 Å². The van der Waals surface area contributed by atoms with Crippen LogP contribution in [0.1, 0.15) is 13.8 Å². The molecule has 0 atom stereocenters. The third-order valence-electron chi connectivity index (χ3n) is 2.88. The number of carbonyl (C=O) groups is 1. The number of sulfonamides is 1. The van der Waals surface area contributed by atoms with Gasteiger partial charge in [-0.25, -0.2) is 13.1 Å². The lowest BCUT2D eigenvalue weighted by atomic mass is 10.1. The summed E-state index contributed by atoms with van der Waals surface area (Å²) in [6.07, 6.45) is 0. The Balaban J connectivity index is 0.00000242. The SMILES string of the molecule is CC(C)(CN)NS(=O)(=O)c1cc2c(cc1Br)NC(=O)CO2.Cl. The van der Waals surface area contributed by atoms with E-state index in [0.717, 1.165) is 0 Å². The molecular formula is C12H17BrClN3O4S. The molecule has 0 aliphatic carbocycles. The molecule has 1 aromatic carbocycles. The Morgan fingerprint density at radius 2 is 2.09 bits per heavy atom. The maximum Gasteiger partial charge on any atom is 0.262 e. The number of ether oxygens (including phenoxy) is 1. The summed E-state index contributed by atoms with van der Waals surface area (Å²) in [6.45, 7) is 3.39. The molecule has 1 aliphatic heterocycles. The molecule has 0 fully saturated rings. The van der Waals surface area contributed by atoms with Gasteiger partial charge in [0.05, 0.1) is 5.69 Å². The van der Waals surface area contributed by atoms with Crippen molar-refractivity contribution in [2.75, 3.05) is 18.5 Å². The number of halogens is 2. The Kier molecular flexibility index (Phi) is 5.85. The fourth-order valence-electron chi connectivity index (χ4n) is 1.75. The van der Waals surface area contributed by atoms with Crippen LogP contribution in [0.5, 0.6) is 5.75 Å². The topological polar surface area (TPSA) is 111 Å². The summed E-state index contributed by atoms with van der Waals surface area (Å²) in [4.78, 5) is 11.3. The molecule has 7 nitrogen and oxygen atoms in total. The molecule has 0 saturated heterocycles. The normalized spacial score (nSPS) is 14.5. The van der Waals surface area contributed by atoms with Gasteiger partial charge in [-0.05, 0) is 35.8 Å². The maximum atomic E-state index is 12.4. The van der Waals surface area contributed by atoms with E-state index >= 15 is 0 Å². The van der Waals surface area contributed by atoms with E-state index in [1.54, 1.807) is 13.8 Å². The van der Waals surface area contributed by atoms with E-state index in [-0.39, 0.29) is 36.4 Å². The van der Waals surface area contributed by atoms with Gasteiger partial charge in [-0.1, -0.05) is 0 Å². The zero-order chi connectivity index (χ0) is 15.8. The largest absolute Gasteiger partial charge is 0.482 e. The number of carbonyl (C=O) groups excluding carboxylic acids is 1. The highest BCUT2D eigenvalue weighted by Gasteiger charge is 2.29. The van der Waals surface area contributed by atoms with Crippen molar-refractivity contribution in [3.05, 3.63) is 16.6 Å². The molecule has 0 spiro atoms. The second-order valence-corrected chi connectivity index (χ2v) is 7.81. The molecule has 1 heterocycles. The highest BCUT2D eigenvalue weighted by molar-refractivity contribution is 9.10. The van der Waals surface area contributed by atoms with Crippen molar-refractivity contribution in [2.45, 2.75) is 24.3 Å². The van der Waals surface area contributed by atoms with Gasteiger partial charge in [0.15, 0.2) is 6.61 Å². The number of rotatable bonds is 4. The second kappa shape index (κ2) is 6.71. The van der Waals surface area contributed by atoms with Gasteiger partial charge < -0.3 is 15.8 Å². The van der Waals surface area contributed by atoms with E-state index in [4.69, 9.17) is 10.5 Å². The molecule has 2 rings (SSSR count). The lowest BCUT2D eigenvalue weighted by Gasteiger charge is -2.25. The van der Waals surface area contributed by atoms with Crippen LogP contribution in [-0.2, 0) is 14.8 Å². The van der Waals surface area contributed by atoms with Crippen molar-refractivity contribution in [1.29, 1.82) is 0 Å². The lowest BCUT2D eigenvalue weighted by Crippen LogP contribution is -2.48. The zero-order valence-corrected chi connectivity index (χ0v) is 15.2. The Morgan fingerprint density at radius 1 is 1.45 bits per heavy atom. The van der Waals surface area contributed by atoms with Gasteiger partial charge in [-0.2, -0.15) is 0 Å². The average Bonchev–Trinajstić information content (AvgIpc) is 2.36. The molecule has 0 aromatic heterocycles. The van der Waals surface area contributed by atoms with Gasteiger partial charge in [0.1, 0.15) is 10.6 Å². The van der Waals surface area contributed by atoms with Crippen LogP contribution in [0.4, 0.5) is 5.69 Å². The van der Waals surface area contributed by atoms with Crippen molar-refractivity contribution >= 4 is 50.0 Å². The number of nitrogens with two attached hydrogens (primary N) is 1. The van der Waals surface area contributed by atoms with Gasteiger partial charge in [0.25, 0.3) is 5.91 Å². The second-order valence-electron chi connectivity index (χ2n) is 5.31. The summed E-state index contributed by atoms with van der Waals surface area (Å²) >= 11 is 3.20. The average molecular weight is 415 g/mol. The maximum absolute atomic E-state index is 12.4. The van der Waals surface area contributed by atoms with E-state index in [2.05, 4.69) is 26.0 Å². The van der Waals surface area contributed by atoms with Crippen LogP contribution in [0.25, 0.3) is 0 Å². The molecule has 0 unspecified atom stereocenters. The smallest absolute Gasteiger partial charge is 0.262 e. The summed E-state index contributed by atoms with van der Waals surface area (Å²) in [5.74, 6) is 0.0242. The number of fused-ring (bicyclic) bond motifs is 1. The highest BCUT2D eigenvalue weighted by atomic mass is 79.9. The summed E-state index contributed by atoms with van der Waals surface area (Å²) in [5, 5.41) is 2.61. The van der Waals surface area contributed by atoms with E-state index in [1.165, 1.54) is 12.1 Å². The summed E-state index contributed by atoms with van der Waals surface area (Å²) in [5.41, 5.74) is 5.20. The standard InChI is InChI=1S/C12H16BrN3O4S.ClH/c1-12(2,6-14)16-21(18,19)10-4-9-8(3-7(10)13)15-11(17)5-20-9;/h3-4,16H,5-6,14H2,1-2H3,(H,15,17);1H. The molecule has 0 bridgehead atoms. The lowest BCUT2D eigenvalue weighted by molar-refractivity contribution is -0.118. The van der Waals surface area contributed by atoms with Crippen LogP contribution in [0.3, 0.4) is 0 Å². The van der Waals surface area contributed by atoms with E-state index < -0.39 is 15.6 Å². The molecule has 1 aromatic rings. The van der Waals surface area contributed by atoms with Crippen molar-refractivity contribution in [1.82, 2.24) is 4.72 Å². The van der Waals surface area contributed by atoms with Gasteiger partial charge in [0, 0.05) is 22.6 Å². The number of nitrogens with one attached hydrogen (secondary N) is 2. The number of anilines is 1. The van der Waals surface area contributed by atoms with E-state index in [1.807, 2.05) is 0 Å². The monoisotopic (exact) mass is 413 g/mol. The predicted molar refractivity (Wildman–Crippen MR) is 89.0 cm³/mol. The third-order valence-corrected chi connectivity index (χ3v) is 5.53. The first-order valence-corrected chi connectivity index (χ1v) is 8.42. The molecule has 124 valence electrons. The summed E-state index contributed by atoms with van der Waals surface area (Å²) in [6, 6.07) is 2.87. The predicted octanol–water partition coefficient (Wildman–Crippen LogP) is 1.22. The molecule has 22 heavy (non-hydrogen) atoms. The Hall–Kier alpha value is -0.870. The number of hydrogen-bond acceptors (Lipinski definition) is 5. The van der Waals surface area contributed by atoms with Gasteiger partial charge in [-0.15, -0.1) is 12.4 Å². The Bertz CT molecular complexity index is 694. The molecular weight excluding hydrogens is 398 g/mol. The highest BCUT2D eigenvalue weighted by Crippen LogP contribution is 2.36. The van der Waals surface area contributed by atoms with Crippen LogP contribution < -0.4 is 20.5 Å². The molecule has 1 aliphatic rings. The van der Waals surface area contributed by atoms with Crippen molar-refractivity contribution < 1.29 is 17.9 Å². The molecule has 10 heteroatoms.